The number of benzene rings is 1. The van der Waals surface area contributed by atoms with Gasteiger partial charge >= 0.3 is 0 Å². The van der Waals surface area contributed by atoms with E-state index in [4.69, 9.17) is 14.2 Å². The maximum absolute atomic E-state index is 13.2. The lowest BCUT2D eigenvalue weighted by molar-refractivity contribution is -0.136. The second kappa shape index (κ2) is 18.2. The number of anilines is 2. The monoisotopic (exact) mass is 732 g/mol. The minimum absolute atomic E-state index is 0.0241. The third-order valence-electron chi connectivity index (χ3n) is 9.65. The zero-order chi connectivity index (χ0) is 37.2. The molecule has 3 aromatic rings. The molecule has 0 radical (unpaired) electrons. The zero-order valence-electron chi connectivity index (χ0n) is 30.1. The molecular formula is C37H48N8O8. The van der Waals surface area contributed by atoms with E-state index in [1.165, 1.54) is 0 Å². The van der Waals surface area contributed by atoms with Crippen molar-refractivity contribution < 1.29 is 38.2 Å². The Morgan fingerprint density at radius 3 is 2.55 bits per heavy atom. The van der Waals surface area contributed by atoms with Crippen LogP contribution in [0.1, 0.15) is 78.3 Å². The molecule has 53 heavy (non-hydrogen) atoms. The van der Waals surface area contributed by atoms with E-state index in [9.17, 15) is 24.0 Å². The second-order valence-electron chi connectivity index (χ2n) is 13.5. The van der Waals surface area contributed by atoms with Gasteiger partial charge in [-0.25, -0.2) is 4.98 Å². The number of ether oxygens (including phenoxy) is 3. The van der Waals surface area contributed by atoms with Crippen LogP contribution in [0.5, 0.6) is 0 Å². The van der Waals surface area contributed by atoms with Crippen LogP contribution in [-0.4, -0.2) is 114 Å². The fourth-order valence-corrected chi connectivity index (χ4v) is 7.03. The van der Waals surface area contributed by atoms with Gasteiger partial charge in [-0.3, -0.25) is 34.2 Å². The lowest BCUT2D eigenvalue weighted by atomic mass is 10.0. The van der Waals surface area contributed by atoms with E-state index in [-0.39, 0.29) is 29.9 Å². The van der Waals surface area contributed by atoms with Crippen LogP contribution >= 0.6 is 0 Å². The molecule has 2 aromatic heterocycles. The second-order valence-corrected chi connectivity index (χ2v) is 13.5. The predicted octanol–water partition coefficient (Wildman–Crippen LogP) is 2.33. The summed E-state index contributed by atoms with van der Waals surface area (Å²) in [6.07, 6.45) is 7.25. The summed E-state index contributed by atoms with van der Waals surface area (Å²) in [5, 5.41) is 16.5. The van der Waals surface area contributed by atoms with Crippen LogP contribution in [0.25, 0.3) is 5.65 Å². The Kier molecular flexibility index (Phi) is 13.0. The number of aromatic nitrogens is 3. The summed E-state index contributed by atoms with van der Waals surface area (Å²) in [4.78, 5) is 68.0. The normalized spacial score (nSPS) is 19.9. The van der Waals surface area contributed by atoms with E-state index in [2.05, 4.69) is 44.3 Å². The van der Waals surface area contributed by atoms with Crippen molar-refractivity contribution in [2.24, 2.45) is 5.92 Å². The first kappa shape index (κ1) is 37.8. The highest BCUT2D eigenvalue weighted by atomic mass is 16.5. The zero-order valence-corrected chi connectivity index (χ0v) is 30.1. The fraction of sp³-hybridized carbons (Fsp3) is 0.541. The summed E-state index contributed by atoms with van der Waals surface area (Å²) in [6.45, 7) is 5.28. The van der Waals surface area contributed by atoms with E-state index in [1.807, 2.05) is 10.6 Å². The van der Waals surface area contributed by atoms with Gasteiger partial charge in [0.25, 0.3) is 11.8 Å². The number of piperidine rings is 1. The number of hydrogen-bond donors (Lipinski definition) is 4. The molecule has 2 unspecified atom stereocenters. The van der Waals surface area contributed by atoms with Crippen molar-refractivity contribution in [3.63, 3.8) is 0 Å². The minimum Gasteiger partial charge on any atom is -0.382 e. The summed E-state index contributed by atoms with van der Waals surface area (Å²) >= 11 is 0. The first-order valence-corrected chi connectivity index (χ1v) is 18.5. The number of nitrogens with one attached hydrogen (secondary N) is 4. The molecule has 284 valence electrons. The lowest BCUT2D eigenvalue weighted by Gasteiger charge is -2.27. The highest BCUT2D eigenvalue weighted by Gasteiger charge is 2.45. The predicted molar refractivity (Wildman–Crippen MR) is 193 cm³/mol. The van der Waals surface area contributed by atoms with Crippen LogP contribution in [-0.2, 0) is 35.0 Å². The van der Waals surface area contributed by atoms with Crippen LogP contribution in [0.4, 0.5) is 11.5 Å². The molecule has 3 atom stereocenters. The van der Waals surface area contributed by atoms with Gasteiger partial charge in [0.2, 0.25) is 17.7 Å². The average Bonchev–Trinajstić information content (AvgIpc) is 3.87. The van der Waals surface area contributed by atoms with Crippen molar-refractivity contribution in [2.75, 3.05) is 63.4 Å². The Labute approximate surface area is 307 Å². The maximum Gasteiger partial charge on any atom is 0.264 e. The number of hydrogen-bond acceptors (Lipinski definition) is 12. The molecule has 4 heterocycles. The van der Waals surface area contributed by atoms with E-state index in [1.54, 1.807) is 24.4 Å². The molecule has 1 saturated heterocycles. The van der Waals surface area contributed by atoms with E-state index < -0.39 is 29.7 Å². The standard InChI is InChI=1S/C37H48N8O8/c1-2-4-25-22-31(45-30(41-25)11-13-40-45)42-26-8-7-24(21-26)23-39-32(46)12-15-51-17-19-53-20-18-52-16-14-38-28-6-3-5-27-34(28)37(50)44(36(27)49)29-9-10-33(47)43-35(29)48/h3,5-6,11,13,22,24,26,29,38,42H,2,4,7-10,12,14-21,23H2,1H3,(H,39,46)(H,43,47,48)/t24?,26-,29?/m1/s1. The van der Waals surface area contributed by atoms with Crippen LogP contribution in [0.2, 0.25) is 0 Å². The summed E-state index contributed by atoms with van der Waals surface area (Å²) in [6, 6.07) is 8.23. The van der Waals surface area contributed by atoms with Gasteiger partial charge < -0.3 is 30.2 Å². The van der Waals surface area contributed by atoms with Crippen molar-refractivity contribution in [2.45, 2.75) is 70.4 Å². The number of fused-ring (bicyclic) bond motifs is 2. The molecule has 4 N–H and O–H groups in total. The molecule has 16 heteroatoms. The lowest BCUT2D eigenvalue weighted by Crippen LogP contribution is -2.54. The van der Waals surface area contributed by atoms with Gasteiger partial charge in [-0.05, 0) is 50.2 Å². The van der Waals surface area contributed by atoms with Crippen molar-refractivity contribution in [3.05, 3.63) is 53.3 Å². The van der Waals surface area contributed by atoms with Gasteiger partial charge in [0.05, 0.1) is 57.0 Å². The minimum atomic E-state index is -1.01. The molecule has 1 aliphatic carbocycles. The number of imide groups is 2. The fourth-order valence-electron chi connectivity index (χ4n) is 7.03. The average molecular weight is 733 g/mol. The smallest absolute Gasteiger partial charge is 0.264 e. The van der Waals surface area contributed by atoms with Gasteiger partial charge in [0.1, 0.15) is 11.9 Å². The first-order valence-electron chi connectivity index (χ1n) is 18.5. The third kappa shape index (κ3) is 9.55. The highest BCUT2D eigenvalue weighted by Crippen LogP contribution is 2.32. The number of aryl methyl sites for hydroxylation is 1. The third-order valence-corrected chi connectivity index (χ3v) is 9.65. The topological polar surface area (TPSA) is 195 Å². The van der Waals surface area contributed by atoms with E-state index >= 15 is 0 Å². The van der Waals surface area contributed by atoms with Crippen molar-refractivity contribution in [3.8, 4) is 0 Å². The molecule has 0 bridgehead atoms. The molecule has 2 aliphatic heterocycles. The number of rotatable bonds is 20. The van der Waals surface area contributed by atoms with Gasteiger partial charge in [-0.2, -0.15) is 9.61 Å². The van der Waals surface area contributed by atoms with E-state index in [0.717, 1.165) is 54.2 Å². The van der Waals surface area contributed by atoms with Crippen LogP contribution in [0.15, 0.2) is 36.5 Å². The molecule has 1 aromatic carbocycles. The number of carbonyl (C=O) groups is 5. The van der Waals surface area contributed by atoms with Crippen molar-refractivity contribution >= 4 is 46.7 Å². The van der Waals surface area contributed by atoms with Gasteiger partial charge in [-0.1, -0.05) is 19.4 Å². The van der Waals surface area contributed by atoms with Gasteiger partial charge in [-0.15, -0.1) is 0 Å². The van der Waals surface area contributed by atoms with Crippen molar-refractivity contribution in [1.29, 1.82) is 0 Å². The molecule has 1 saturated carbocycles. The van der Waals surface area contributed by atoms with Crippen LogP contribution in [0, 0.1) is 5.92 Å². The Hall–Kier alpha value is -4.93. The first-order chi connectivity index (χ1) is 25.8. The Morgan fingerprint density at radius 1 is 0.962 bits per heavy atom. The Balaban J connectivity index is 0.780. The molecular weight excluding hydrogens is 684 g/mol. The van der Waals surface area contributed by atoms with Crippen LogP contribution in [0.3, 0.4) is 0 Å². The number of nitrogens with zero attached hydrogens (tertiary/aromatic N) is 4. The molecule has 6 rings (SSSR count). The van der Waals surface area contributed by atoms with Crippen LogP contribution < -0.4 is 21.3 Å². The van der Waals surface area contributed by atoms with E-state index in [0.29, 0.717) is 76.8 Å². The largest absolute Gasteiger partial charge is 0.382 e. The summed E-state index contributed by atoms with van der Waals surface area (Å²) in [5.74, 6) is -0.817. The number of amides is 5. The number of carbonyl (C=O) groups excluding carboxylic acids is 5. The molecule has 5 amide bonds. The molecule has 2 fully saturated rings. The Morgan fingerprint density at radius 2 is 1.75 bits per heavy atom. The van der Waals surface area contributed by atoms with Gasteiger partial charge in [0.15, 0.2) is 5.65 Å². The SMILES string of the molecule is CCCc1cc(N[C@@H]2CCC(CNC(=O)CCOCCOCCOCCNc3cccc4c3C(=O)N(C3CCC(=O)NC3=O)C4=O)C2)n2nccc2n1. The summed E-state index contributed by atoms with van der Waals surface area (Å²) < 4.78 is 18.6. The highest BCUT2D eigenvalue weighted by molar-refractivity contribution is 6.25. The molecule has 0 spiro atoms. The quantitative estimate of drug-likeness (QED) is 0.0980. The van der Waals surface area contributed by atoms with Crippen molar-refractivity contribution in [1.82, 2.24) is 30.1 Å². The van der Waals surface area contributed by atoms with Gasteiger partial charge in [0, 0.05) is 55.5 Å². The summed E-state index contributed by atoms with van der Waals surface area (Å²) in [5.41, 5.74) is 2.81. The summed E-state index contributed by atoms with van der Waals surface area (Å²) in [7, 11) is 0. The molecule has 3 aliphatic rings. The molecule has 16 nitrogen and oxygen atoms in total. The maximum atomic E-state index is 13.2. The Bertz CT molecular complexity index is 1800.